The average Bonchev–Trinajstić information content (AvgIpc) is 2.43. The highest BCUT2D eigenvalue weighted by atomic mass is 79.9. The number of sulfonamides is 1. The molecule has 0 heterocycles. The van der Waals surface area contributed by atoms with Gasteiger partial charge in [0.25, 0.3) is 0 Å². The molecule has 0 saturated carbocycles. The van der Waals surface area contributed by atoms with E-state index >= 15 is 0 Å². The van der Waals surface area contributed by atoms with Crippen LogP contribution in [0.15, 0.2) is 27.6 Å². The molecule has 1 atom stereocenters. The number of rotatable bonds is 6. The van der Waals surface area contributed by atoms with Crippen LogP contribution in [0.25, 0.3) is 0 Å². The molecule has 110 valence electrons. The monoisotopic (exact) mass is 376 g/mol. The molecule has 1 rings (SSSR count). The Labute approximate surface area is 133 Å². The minimum atomic E-state index is -3.66. The summed E-state index contributed by atoms with van der Waals surface area (Å²) < 4.78 is 27.2. The first-order valence-corrected chi connectivity index (χ1v) is 9.64. The van der Waals surface area contributed by atoms with E-state index in [0.717, 1.165) is 12.2 Å². The Kier molecular flexibility index (Phi) is 6.52. The Hall–Kier alpha value is -0.550. The zero-order chi connectivity index (χ0) is 15.3. The van der Waals surface area contributed by atoms with E-state index in [1.807, 2.05) is 19.2 Å². The first-order valence-electron chi connectivity index (χ1n) is 6.01. The van der Waals surface area contributed by atoms with Crippen LogP contribution in [0.5, 0.6) is 0 Å². The highest BCUT2D eigenvalue weighted by Gasteiger charge is 2.27. The molecule has 0 aliphatic rings. The van der Waals surface area contributed by atoms with Crippen LogP contribution in [0, 0.1) is 11.3 Å². The van der Waals surface area contributed by atoms with Crippen LogP contribution in [0.2, 0.25) is 0 Å². The zero-order valence-corrected chi connectivity index (χ0v) is 14.8. The van der Waals surface area contributed by atoms with Crippen molar-refractivity contribution in [3.63, 3.8) is 0 Å². The van der Waals surface area contributed by atoms with Crippen molar-refractivity contribution in [1.82, 2.24) is 4.31 Å². The van der Waals surface area contributed by atoms with Gasteiger partial charge in [0.05, 0.1) is 5.56 Å². The molecule has 0 spiro atoms. The number of hydrogen-bond acceptors (Lipinski definition) is 4. The Morgan fingerprint density at radius 2 is 2.15 bits per heavy atom. The van der Waals surface area contributed by atoms with Gasteiger partial charge in [-0.25, -0.2) is 8.42 Å². The van der Waals surface area contributed by atoms with Gasteiger partial charge in [-0.15, -0.1) is 0 Å². The van der Waals surface area contributed by atoms with Gasteiger partial charge in [-0.3, -0.25) is 0 Å². The van der Waals surface area contributed by atoms with Gasteiger partial charge in [-0.05, 0) is 43.6 Å². The lowest BCUT2D eigenvalue weighted by atomic mass is 10.2. The predicted molar refractivity (Wildman–Crippen MR) is 86.3 cm³/mol. The highest BCUT2D eigenvalue weighted by molar-refractivity contribution is 9.10. The third-order valence-corrected chi connectivity index (χ3v) is 6.23. The van der Waals surface area contributed by atoms with Crippen molar-refractivity contribution in [1.29, 1.82) is 5.26 Å². The summed E-state index contributed by atoms with van der Waals surface area (Å²) >= 11 is 4.93. The molecule has 20 heavy (non-hydrogen) atoms. The van der Waals surface area contributed by atoms with Gasteiger partial charge < -0.3 is 0 Å². The van der Waals surface area contributed by atoms with Crippen molar-refractivity contribution < 1.29 is 8.42 Å². The number of hydrogen-bond donors (Lipinski definition) is 0. The molecule has 0 saturated heterocycles. The zero-order valence-electron chi connectivity index (χ0n) is 11.6. The van der Waals surface area contributed by atoms with E-state index in [-0.39, 0.29) is 16.5 Å². The van der Waals surface area contributed by atoms with Crippen molar-refractivity contribution in [2.24, 2.45) is 0 Å². The Balaban J connectivity index is 3.17. The Morgan fingerprint density at radius 3 is 2.70 bits per heavy atom. The second-order valence-corrected chi connectivity index (χ2v) is 8.27. The average molecular weight is 377 g/mol. The molecule has 0 N–H and O–H groups in total. The van der Waals surface area contributed by atoms with Crippen LogP contribution in [0.1, 0.15) is 18.9 Å². The molecule has 0 aliphatic heterocycles. The number of thioether (sulfide) groups is 1. The molecule has 1 aromatic carbocycles. The van der Waals surface area contributed by atoms with Gasteiger partial charge in [0.2, 0.25) is 10.0 Å². The van der Waals surface area contributed by atoms with Gasteiger partial charge in [0, 0.05) is 17.6 Å². The van der Waals surface area contributed by atoms with Gasteiger partial charge in [0.15, 0.2) is 0 Å². The summed E-state index contributed by atoms with van der Waals surface area (Å²) in [5, 5.41) is 9.08. The lowest BCUT2D eigenvalue weighted by Crippen LogP contribution is -2.35. The smallest absolute Gasteiger partial charge is 0.207 e. The van der Waals surface area contributed by atoms with Gasteiger partial charge in [-0.2, -0.15) is 21.3 Å². The third-order valence-electron chi connectivity index (χ3n) is 3.08. The van der Waals surface area contributed by atoms with Crippen molar-refractivity contribution >= 4 is 37.7 Å². The summed E-state index contributed by atoms with van der Waals surface area (Å²) in [5.41, 5.74) is 0.164. The van der Waals surface area contributed by atoms with Gasteiger partial charge >= 0.3 is 0 Å². The predicted octanol–water partition coefficient (Wildman–Crippen LogP) is 3.08. The van der Waals surface area contributed by atoms with Crippen molar-refractivity contribution in [3.8, 4) is 6.07 Å². The maximum atomic E-state index is 12.6. The van der Waals surface area contributed by atoms with E-state index in [9.17, 15) is 8.42 Å². The van der Waals surface area contributed by atoms with Crippen molar-refractivity contribution in [3.05, 3.63) is 28.2 Å². The van der Waals surface area contributed by atoms with Crippen molar-refractivity contribution in [2.45, 2.75) is 24.3 Å². The standard InChI is InChI=1S/C13H17BrN2O2S2/c1-10(6-7-19-3)16(2)20(17,18)13-8-12(14)5-4-11(13)9-15/h4-5,8,10H,6-7H2,1-3H3. The van der Waals surface area contributed by atoms with E-state index in [4.69, 9.17) is 5.26 Å². The topological polar surface area (TPSA) is 61.2 Å². The molecule has 0 radical (unpaired) electrons. The maximum Gasteiger partial charge on any atom is 0.244 e. The summed E-state index contributed by atoms with van der Waals surface area (Å²) in [5.74, 6) is 0.893. The number of halogens is 1. The van der Waals surface area contributed by atoms with E-state index < -0.39 is 10.0 Å². The summed E-state index contributed by atoms with van der Waals surface area (Å²) in [7, 11) is -2.10. The quantitative estimate of drug-likeness (QED) is 0.765. The van der Waals surface area contributed by atoms with Crippen molar-refractivity contribution in [2.75, 3.05) is 19.1 Å². The molecule has 0 fully saturated rings. The SMILES string of the molecule is CSCCC(C)N(C)S(=O)(=O)c1cc(Br)ccc1C#N. The van der Waals surface area contributed by atoms with Crippen LogP contribution >= 0.6 is 27.7 Å². The maximum absolute atomic E-state index is 12.6. The fourth-order valence-electron chi connectivity index (χ4n) is 1.66. The molecule has 0 aliphatic carbocycles. The summed E-state index contributed by atoms with van der Waals surface area (Å²) in [6, 6.07) is 6.47. The highest BCUT2D eigenvalue weighted by Crippen LogP contribution is 2.25. The van der Waals surface area contributed by atoms with Gasteiger partial charge in [-0.1, -0.05) is 15.9 Å². The van der Waals surface area contributed by atoms with Gasteiger partial charge in [0.1, 0.15) is 11.0 Å². The molecule has 0 amide bonds. The van der Waals surface area contributed by atoms with Crippen LogP contribution in [0.4, 0.5) is 0 Å². The lowest BCUT2D eigenvalue weighted by molar-refractivity contribution is 0.382. The lowest BCUT2D eigenvalue weighted by Gasteiger charge is -2.24. The van der Waals surface area contributed by atoms with E-state index in [1.54, 1.807) is 24.9 Å². The third kappa shape index (κ3) is 3.98. The van der Waals surface area contributed by atoms with Crippen LogP contribution in [-0.4, -0.2) is 37.8 Å². The van der Waals surface area contributed by atoms with Crippen LogP contribution in [-0.2, 0) is 10.0 Å². The summed E-state index contributed by atoms with van der Waals surface area (Å²) in [4.78, 5) is 0.0490. The first kappa shape index (κ1) is 17.5. The molecule has 1 aromatic rings. The Morgan fingerprint density at radius 1 is 1.50 bits per heavy atom. The second-order valence-electron chi connectivity index (χ2n) is 4.40. The molecular formula is C13H17BrN2O2S2. The van der Waals surface area contributed by atoms with Crippen LogP contribution in [0.3, 0.4) is 0 Å². The molecule has 7 heteroatoms. The fraction of sp³-hybridized carbons (Fsp3) is 0.462. The van der Waals surface area contributed by atoms with E-state index in [2.05, 4.69) is 15.9 Å². The Bertz CT molecular complexity index is 611. The van der Waals surface area contributed by atoms with E-state index in [1.165, 1.54) is 16.4 Å². The fourth-order valence-corrected chi connectivity index (χ4v) is 4.31. The minimum absolute atomic E-state index is 0.0490. The molecule has 0 aromatic heterocycles. The molecule has 0 bridgehead atoms. The summed E-state index contributed by atoms with van der Waals surface area (Å²) in [6.07, 6.45) is 2.76. The largest absolute Gasteiger partial charge is 0.244 e. The van der Waals surface area contributed by atoms with E-state index in [0.29, 0.717) is 4.47 Å². The minimum Gasteiger partial charge on any atom is -0.207 e. The summed E-state index contributed by atoms with van der Waals surface area (Å²) in [6.45, 7) is 1.87. The number of benzene rings is 1. The normalized spacial score (nSPS) is 13.2. The molecule has 1 unspecified atom stereocenters. The molecule has 4 nitrogen and oxygen atoms in total. The number of nitriles is 1. The number of nitrogens with zero attached hydrogens (tertiary/aromatic N) is 2. The molecular weight excluding hydrogens is 360 g/mol. The first-order chi connectivity index (χ1) is 9.34. The second kappa shape index (κ2) is 7.46. The van der Waals surface area contributed by atoms with Crippen LogP contribution < -0.4 is 0 Å².